The van der Waals surface area contributed by atoms with Gasteiger partial charge in [0.1, 0.15) is 5.57 Å². The molecule has 1 saturated heterocycles. The summed E-state index contributed by atoms with van der Waals surface area (Å²) in [6, 6.07) is 13.2. The number of imide groups is 2. The molecule has 4 rings (SSSR count). The van der Waals surface area contributed by atoms with Crippen molar-refractivity contribution in [2.75, 3.05) is 4.90 Å². The smallest absolute Gasteiger partial charge is 0.335 e. The third kappa shape index (κ3) is 2.78. The van der Waals surface area contributed by atoms with Crippen molar-refractivity contribution in [2.24, 2.45) is 7.05 Å². The molecule has 0 saturated carbocycles. The number of aryl methyl sites for hydroxylation is 1. The zero-order valence-electron chi connectivity index (χ0n) is 15.2. The molecule has 140 valence electrons. The summed E-state index contributed by atoms with van der Waals surface area (Å²) < 4.78 is 2.00. The van der Waals surface area contributed by atoms with Gasteiger partial charge in [-0.1, -0.05) is 29.8 Å². The predicted octanol–water partition coefficient (Wildman–Crippen LogP) is 3.81. The van der Waals surface area contributed by atoms with Gasteiger partial charge in [0.15, 0.2) is 0 Å². The Balaban J connectivity index is 1.84. The van der Waals surface area contributed by atoms with E-state index in [1.807, 2.05) is 42.8 Å². The van der Waals surface area contributed by atoms with Crippen LogP contribution in [0.4, 0.5) is 10.5 Å². The van der Waals surface area contributed by atoms with Gasteiger partial charge in [0.05, 0.1) is 5.69 Å². The molecule has 0 spiro atoms. The fourth-order valence-electron chi connectivity index (χ4n) is 3.36. The first kappa shape index (κ1) is 18.0. The molecule has 0 unspecified atom stereocenters. The third-order valence-corrected chi connectivity index (χ3v) is 5.18. The van der Waals surface area contributed by atoms with Crippen LogP contribution in [0.1, 0.15) is 11.3 Å². The van der Waals surface area contributed by atoms with Gasteiger partial charge in [-0.05, 0) is 43.3 Å². The van der Waals surface area contributed by atoms with Crippen molar-refractivity contribution >= 4 is 52.1 Å². The van der Waals surface area contributed by atoms with E-state index in [9.17, 15) is 14.4 Å². The molecular formula is C21H16ClN3O3. The van der Waals surface area contributed by atoms with Crippen LogP contribution >= 0.6 is 11.6 Å². The van der Waals surface area contributed by atoms with E-state index in [4.69, 9.17) is 11.6 Å². The molecule has 7 heteroatoms. The van der Waals surface area contributed by atoms with Gasteiger partial charge in [-0.3, -0.25) is 14.9 Å². The summed E-state index contributed by atoms with van der Waals surface area (Å²) in [5, 5.41) is 3.64. The molecule has 2 heterocycles. The number of urea groups is 1. The number of nitrogens with zero attached hydrogens (tertiary/aromatic N) is 2. The highest BCUT2D eigenvalue weighted by Gasteiger charge is 2.37. The molecule has 1 aliphatic heterocycles. The molecule has 3 aromatic rings. The summed E-state index contributed by atoms with van der Waals surface area (Å²) in [7, 11) is 1.92. The number of carbonyl (C=O) groups is 3. The molecule has 0 aliphatic carbocycles. The zero-order chi connectivity index (χ0) is 20.0. The standard InChI is InChI=1S/C21H16ClN3O3/c1-12-16(15-5-3-4-6-18(15)24(12)2)11-17-19(26)23-21(28)25(20(17)27)14-9-7-13(22)8-10-14/h3-11H,1-2H3,(H,23,26,28). The Bertz CT molecular complexity index is 1180. The number of nitrogens with one attached hydrogen (secondary N) is 1. The Morgan fingerprint density at radius 2 is 1.68 bits per heavy atom. The number of carbonyl (C=O) groups excluding carboxylic acids is 3. The second kappa shape index (κ2) is 6.65. The summed E-state index contributed by atoms with van der Waals surface area (Å²) in [5.74, 6) is -1.39. The quantitative estimate of drug-likeness (QED) is 0.531. The van der Waals surface area contributed by atoms with Crippen LogP contribution in [0.3, 0.4) is 0 Å². The summed E-state index contributed by atoms with van der Waals surface area (Å²) in [6.45, 7) is 1.92. The van der Waals surface area contributed by atoms with Crippen LogP contribution in [0.25, 0.3) is 17.0 Å². The van der Waals surface area contributed by atoms with Gasteiger partial charge in [0.25, 0.3) is 11.8 Å². The van der Waals surface area contributed by atoms with E-state index in [-0.39, 0.29) is 5.57 Å². The molecule has 0 radical (unpaired) electrons. The lowest BCUT2D eigenvalue weighted by Crippen LogP contribution is -2.54. The van der Waals surface area contributed by atoms with E-state index < -0.39 is 17.8 Å². The number of hydrogen-bond donors (Lipinski definition) is 1. The molecule has 6 nitrogen and oxygen atoms in total. The van der Waals surface area contributed by atoms with E-state index in [1.54, 1.807) is 30.3 Å². The van der Waals surface area contributed by atoms with E-state index in [0.29, 0.717) is 10.7 Å². The maximum Gasteiger partial charge on any atom is 0.335 e. The predicted molar refractivity (Wildman–Crippen MR) is 108 cm³/mol. The van der Waals surface area contributed by atoms with Gasteiger partial charge in [-0.2, -0.15) is 0 Å². The average Bonchev–Trinajstić information content (AvgIpc) is 2.91. The first-order valence-electron chi connectivity index (χ1n) is 8.59. The molecule has 0 bridgehead atoms. The zero-order valence-corrected chi connectivity index (χ0v) is 15.9. The van der Waals surface area contributed by atoms with Gasteiger partial charge in [0.2, 0.25) is 0 Å². The monoisotopic (exact) mass is 393 g/mol. The van der Waals surface area contributed by atoms with E-state index in [0.717, 1.165) is 27.1 Å². The van der Waals surface area contributed by atoms with E-state index in [1.165, 1.54) is 0 Å². The van der Waals surface area contributed by atoms with Crippen molar-refractivity contribution in [3.63, 3.8) is 0 Å². The summed E-state index contributed by atoms with van der Waals surface area (Å²) >= 11 is 5.89. The minimum absolute atomic E-state index is 0.103. The molecule has 1 fully saturated rings. The van der Waals surface area contributed by atoms with Crippen molar-refractivity contribution in [3.8, 4) is 0 Å². The molecule has 1 aromatic heterocycles. The first-order valence-corrected chi connectivity index (χ1v) is 8.97. The molecule has 1 aliphatic rings. The summed E-state index contributed by atoms with van der Waals surface area (Å²) in [4.78, 5) is 38.7. The maximum atomic E-state index is 13.0. The number of halogens is 1. The molecular weight excluding hydrogens is 378 g/mol. The number of aromatic nitrogens is 1. The summed E-state index contributed by atoms with van der Waals surface area (Å²) in [5.41, 5.74) is 2.89. The first-order chi connectivity index (χ1) is 13.4. The topological polar surface area (TPSA) is 71.4 Å². The number of anilines is 1. The lowest BCUT2D eigenvalue weighted by Gasteiger charge is -2.26. The fraction of sp³-hybridized carbons (Fsp3) is 0.0952. The highest BCUT2D eigenvalue weighted by molar-refractivity contribution is 6.39. The van der Waals surface area contributed by atoms with Crippen LogP contribution < -0.4 is 10.2 Å². The van der Waals surface area contributed by atoms with Crippen molar-refractivity contribution < 1.29 is 14.4 Å². The van der Waals surface area contributed by atoms with Gasteiger partial charge in [-0.25, -0.2) is 9.69 Å². The highest BCUT2D eigenvalue weighted by Crippen LogP contribution is 2.29. The highest BCUT2D eigenvalue weighted by atomic mass is 35.5. The number of rotatable bonds is 2. The Morgan fingerprint density at radius 3 is 2.39 bits per heavy atom. The van der Waals surface area contributed by atoms with Crippen LogP contribution in [0.5, 0.6) is 0 Å². The van der Waals surface area contributed by atoms with Crippen LogP contribution in [-0.2, 0) is 16.6 Å². The van der Waals surface area contributed by atoms with E-state index in [2.05, 4.69) is 5.32 Å². The van der Waals surface area contributed by atoms with E-state index >= 15 is 0 Å². The largest absolute Gasteiger partial charge is 0.347 e. The number of amides is 4. The summed E-state index contributed by atoms with van der Waals surface area (Å²) in [6.07, 6.45) is 1.55. The normalized spacial score (nSPS) is 16.2. The Morgan fingerprint density at radius 1 is 1.00 bits per heavy atom. The van der Waals surface area contributed by atoms with Gasteiger partial charge < -0.3 is 4.57 Å². The van der Waals surface area contributed by atoms with Crippen molar-refractivity contribution in [1.82, 2.24) is 9.88 Å². The molecule has 2 aromatic carbocycles. The van der Waals surface area contributed by atoms with Gasteiger partial charge in [-0.15, -0.1) is 0 Å². The number of barbiturate groups is 1. The fourth-order valence-corrected chi connectivity index (χ4v) is 3.48. The van der Waals surface area contributed by atoms with Crippen LogP contribution in [0.15, 0.2) is 54.1 Å². The maximum absolute atomic E-state index is 13.0. The number of benzene rings is 2. The third-order valence-electron chi connectivity index (χ3n) is 4.92. The second-order valence-corrected chi connectivity index (χ2v) is 6.95. The van der Waals surface area contributed by atoms with Crippen molar-refractivity contribution in [3.05, 3.63) is 70.4 Å². The van der Waals surface area contributed by atoms with Crippen LogP contribution in [-0.4, -0.2) is 22.4 Å². The van der Waals surface area contributed by atoms with Crippen molar-refractivity contribution in [2.45, 2.75) is 6.92 Å². The molecule has 1 N–H and O–H groups in total. The second-order valence-electron chi connectivity index (χ2n) is 6.51. The lowest BCUT2D eigenvalue weighted by atomic mass is 10.0. The lowest BCUT2D eigenvalue weighted by molar-refractivity contribution is -0.122. The molecule has 28 heavy (non-hydrogen) atoms. The van der Waals surface area contributed by atoms with Crippen molar-refractivity contribution in [1.29, 1.82) is 0 Å². The van der Waals surface area contributed by atoms with Gasteiger partial charge >= 0.3 is 6.03 Å². The van der Waals surface area contributed by atoms with Gasteiger partial charge in [0, 0.05) is 34.2 Å². The number of para-hydroxylation sites is 1. The Hall–Kier alpha value is -3.38. The Labute approximate surface area is 166 Å². The molecule has 0 atom stereocenters. The number of hydrogen-bond acceptors (Lipinski definition) is 3. The Kier molecular flexibility index (Phi) is 4.28. The number of fused-ring (bicyclic) bond motifs is 1. The SMILES string of the molecule is Cc1c(C=C2C(=O)NC(=O)N(c3ccc(Cl)cc3)C2=O)c2ccccc2n1C. The minimum Gasteiger partial charge on any atom is -0.347 e. The average molecular weight is 394 g/mol. The molecule has 4 amide bonds. The van der Waals surface area contributed by atoms with Crippen LogP contribution in [0, 0.1) is 6.92 Å². The minimum atomic E-state index is -0.788. The van der Waals surface area contributed by atoms with Crippen LogP contribution in [0.2, 0.25) is 5.02 Å².